The molecule has 1 aromatic rings. The van der Waals surface area contributed by atoms with Gasteiger partial charge in [-0.05, 0) is 38.6 Å². The third-order valence-corrected chi connectivity index (χ3v) is 2.35. The average molecular weight is 213 g/mol. The van der Waals surface area contributed by atoms with Crippen molar-refractivity contribution in [1.82, 2.24) is 9.88 Å². The molecule has 0 aromatic carbocycles. The number of hydrogen-bond acceptors (Lipinski definition) is 2. The zero-order chi connectivity index (χ0) is 10.2. The highest BCUT2D eigenvalue weighted by Crippen LogP contribution is 2.01. The zero-order valence-corrected chi connectivity index (χ0v) is 9.37. The van der Waals surface area contributed by atoms with Gasteiger partial charge >= 0.3 is 0 Å². The Kier molecular flexibility index (Phi) is 5.57. The van der Waals surface area contributed by atoms with Gasteiger partial charge in [0.15, 0.2) is 0 Å². The Labute approximate surface area is 90.9 Å². The fourth-order valence-electron chi connectivity index (χ4n) is 1.32. The molecule has 1 rings (SSSR count). The second-order valence-electron chi connectivity index (χ2n) is 3.45. The van der Waals surface area contributed by atoms with Crippen LogP contribution < -0.4 is 0 Å². The Bertz CT molecular complexity index is 238. The fourth-order valence-corrected chi connectivity index (χ4v) is 1.51. The van der Waals surface area contributed by atoms with E-state index in [0.29, 0.717) is 0 Å². The third-order valence-electron chi connectivity index (χ3n) is 2.08. The lowest BCUT2D eigenvalue weighted by Gasteiger charge is -2.15. The summed E-state index contributed by atoms with van der Waals surface area (Å²) in [7, 11) is 2.11. The lowest BCUT2D eigenvalue weighted by Crippen LogP contribution is -2.19. The van der Waals surface area contributed by atoms with Crippen molar-refractivity contribution in [2.24, 2.45) is 0 Å². The second-order valence-corrected chi connectivity index (χ2v) is 3.83. The Morgan fingerprint density at radius 3 is 2.86 bits per heavy atom. The van der Waals surface area contributed by atoms with Crippen LogP contribution in [-0.2, 0) is 6.54 Å². The van der Waals surface area contributed by atoms with Crippen molar-refractivity contribution >= 4 is 11.6 Å². The first-order valence-electron chi connectivity index (χ1n) is 4.97. The van der Waals surface area contributed by atoms with Crippen LogP contribution in [0.15, 0.2) is 24.4 Å². The number of pyridine rings is 1. The summed E-state index contributed by atoms with van der Waals surface area (Å²) in [5.41, 5.74) is 1.13. The number of hydrogen-bond donors (Lipinski definition) is 0. The minimum atomic E-state index is 0.761. The molecule has 0 saturated heterocycles. The van der Waals surface area contributed by atoms with Crippen LogP contribution >= 0.6 is 11.6 Å². The van der Waals surface area contributed by atoms with E-state index < -0.39 is 0 Å². The molecule has 0 fully saturated rings. The highest BCUT2D eigenvalue weighted by Gasteiger charge is 1.99. The molecule has 14 heavy (non-hydrogen) atoms. The number of aromatic nitrogens is 1. The number of nitrogens with zero attached hydrogens (tertiary/aromatic N) is 2. The lowest BCUT2D eigenvalue weighted by molar-refractivity contribution is 0.317. The summed E-state index contributed by atoms with van der Waals surface area (Å²) in [6.07, 6.45) is 4.09. The first kappa shape index (κ1) is 11.5. The van der Waals surface area contributed by atoms with Crippen LogP contribution in [0.5, 0.6) is 0 Å². The molecule has 0 N–H and O–H groups in total. The predicted octanol–water partition coefficient (Wildman–Crippen LogP) is 2.53. The van der Waals surface area contributed by atoms with Crippen LogP contribution in [-0.4, -0.2) is 29.4 Å². The molecule has 0 atom stereocenters. The number of unbranched alkanes of at least 4 members (excludes halogenated alkanes) is 1. The molecule has 0 aliphatic heterocycles. The van der Waals surface area contributed by atoms with Crippen LogP contribution in [0.3, 0.4) is 0 Å². The number of alkyl halides is 1. The van der Waals surface area contributed by atoms with E-state index in [1.165, 1.54) is 0 Å². The molecule has 0 aliphatic rings. The minimum absolute atomic E-state index is 0.761. The largest absolute Gasteiger partial charge is 0.301 e. The standard InChI is InChI=1S/C11H17ClN2/c1-14(9-5-3-7-12)10-11-6-2-4-8-13-11/h2,4,6,8H,3,5,7,9-10H2,1H3. The van der Waals surface area contributed by atoms with Crippen LogP contribution in [0.1, 0.15) is 18.5 Å². The first-order chi connectivity index (χ1) is 6.83. The van der Waals surface area contributed by atoms with E-state index in [1.54, 1.807) is 0 Å². The molecule has 1 heterocycles. The molecule has 0 amide bonds. The van der Waals surface area contributed by atoms with Gasteiger partial charge in [0.25, 0.3) is 0 Å². The maximum absolute atomic E-state index is 5.61. The summed E-state index contributed by atoms with van der Waals surface area (Å²) >= 11 is 5.61. The smallest absolute Gasteiger partial charge is 0.0543 e. The van der Waals surface area contributed by atoms with Crippen molar-refractivity contribution in [2.75, 3.05) is 19.5 Å². The summed E-state index contributed by atoms with van der Waals surface area (Å²) in [6, 6.07) is 6.02. The summed E-state index contributed by atoms with van der Waals surface area (Å²) in [4.78, 5) is 6.55. The minimum Gasteiger partial charge on any atom is -0.301 e. The molecule has 2 nitrogen and oxygen atoms in total. The molecule has 0 radical (unpaired) electrons. The van der Waals surface area contributed by atoms with Crippen LogP contribution in [0.4, 0.5) is 0 Å². The van der Waals surface area contributed by atoms with Crippen LogP contribution in [0.25, 0.3) is 0 Å². The van der Waals surface area contributed by atoms with Gasteiger partial charge in [-0.2, -0.15) is 0 Å². The van der Waals surface area contributed by atoms with E-state index in [1.807, 2.05) is 18.3 Å². The van der Waals surface area contributed by atoms with Crippen molar-refractivity contribution in [3.05, 3.63) is 30.1 Å². The van der Waals surface area contributed by atoms with E-state index in [2.05, 4.69) is 23.0 Å². The highest BCUT2D eigenvalue weighted by atomic mass is 35.5. The van der Waals surface area contributed by atoms with Crippen LogP contribution in [0.2, 0.25) is 0 Å². The van der Waals surface area contributed by atoms with Gasteiger partial charge < -0.3 is 4.90 Å². The third kappa shape index (κ3) is 4.58. The Balaban J connectivity index is 2.23. The van der Waals surface area contributed by atoms with Crippen molar-refractivity contribution in [2.45, 2.75) is 19.4 Å². The van der Waals surface area contributed by atoms with Gasteiger partial charge in [0, 0.05) is 18.6 Å². The second kappa shape index (κ2) is 6.80. The molecular weight excluding hydrogens is 196 g/mol. The molecule has 0 bridgehead atoms. The molecule has 1 aromatic heterocycles. The maximum atomic E-state index is 5.61. The van der Waals surface area contributed by atoms with Crippen molar-refractivity contribution in [1.29, 1.82) is 0 Å². The molecule has 0 aliphatic carbocycles. The highest BCUT2D eigenvalue weighted by molar-refractivity contribution is 6.17. The van der Waals surface area contributed by atoms with Crippen molar-refractivity contribution in [3.8, 4) is 0 Å². The molecule has 0 unspecified atom stereocenters. The van der Waals surface area contributed by atoms with Gasteiger partial charge in [0.05, 0.1) is 5.69 Å². The topological polar surface area (TPSA) is 16.1 Å². The average Bonchev–Trinajstić information content (AvgIpc) is 2.20. The van der Waals surface area contributed by atoms with Crippen molar-refractivity contribution in [3.63, 3.8) is 0 Å². The normalized spacial score (nSPS) is 10.8. The predicted molar refractivity (Wildman–Crippen MR) is 60.5 cm³/mol. The van der Waals surface area contributed by atoms with Gasteiger partial charge in [-0.25, -0.2) is 0 Å². The van der Waals surface area contributed by atoms with Gasteiger partial charge in [-0.3, -0.25) is 4.98 Å². The van der Waals surface area contributed by atoms with Gasteiger partial charge in [-0.1, -0.05) is 6.07 Å². The number of halogens is 1. The van der Waals surface area contributed by atoms with Gasteiger partial charge in [0.2, 0.25) is 0 Å². The van der Waals surface area contributed by atoms with Crippen LogP contribution in [0, 0.1) is 0 Å². The van der Waals surface area contributed by atoms with Gasteiger partial charge in [-0.15, -0.1) is 11.6 Å². The SMILES string of the molecule is CN(CCCCCl)Cc1ccccn1. The molecule has 78 valence electrons. The van der Waals surface area contributed by atoms with Gasteiger partial charge in [0.1, 0.15) is 0 Å². The Morgan fingerprint density at radius 1 is 1.36 bits per heavy atom. The fraction of sp³-hybridized carbons (Fsp3) is 0.545. The Hall–Kier alpha value is -0.600. The summed E-state index contributed by atoms with van der Waals surface area (Å²) < 4.78 is 0. The zero-order valence-electron chi connectivity index (χ0n) is 8.62. The van der Waals surface area contributed by atoms with E-state index >= 15 is 0 Å². The monoisotopic (exact) mass is 212 g/mol. The first-order valence-corrected chi connectivity index (χ1v) is 5.51. The lowest BCUT2D eigenvalue weighted by atomic mass is 10.3. The van der Waals surface area contributed by atoms with E-state index in [9.17, 15) is 0 Å². The summed E-state index contributed by atoms with van der Waals surface area (Å²) in [6.45, 7) is 2.01. The molecule has 3 heteroatoms. The summed E-state index contributed by atoms with van der Waals surface area (Å²) in [5, 5.41) is 0. The van der Waals surface area contributed by atoms with E-state index in [-0.39, 0.29) is 0 Å². The maximum Gasteiger partial charge on any atom is 0.0543 e. The van der Waals surface area contributed by atoms with E-state index in [0.717, 1.165) is 37.5 Å². The molecule has 0 spiro atoms. The van der Waals surface area contributed by atoms with Crippen molar-refractivity contribution < 1.29 is 0 Å². The summed E-state index contributed by atoms with van der Waals surface area (Å²) in [5.74, 6) is 0.761. The quantitative estimate of drug-likeness (QED) is 0.532. The van der Waals surface area contributed by atoms with E-state index in [4.69, 9.17) is 11.6 Å². The molecular formula is C11H17ClN2. The number of rotatable bonds is 6. The molecule has 0 saturated carbocycles. The Morgan fingerprint density at radius 2 is 2.21 bits per heavy atom.